The lowest BCUT2D eigenvalue weighted by atomic mass is 9.95. The fraction of sp³-hybridized carbons (Fsp3) is 0.800. The van der Waals surface area contributed by atoms with Gasteiger partial charge in [0.25, 0.3) is 0 Å². The first-order chi connectivity index (χ1) is 13.8. The van der Waals surface area contributed by atoms with Crippen molar-refractivity contribution < 1.29 is 42.9 Å². The van der Waals surface area contributed by atoms with Crippen molar-refractivity contribution in [1.82, 2.24) is 0 Å². The van der Waals surface area contributed by atoms with E-state index in [1.54, 1.807) is 0 Å². The van der Waals surface area contributed by atoms with Crippen molar-refractivity contribution in [3.63, 3.8) is 0 Å². The summed E-state index contributed by atoms with van der Waals surface area (Å²) in [7, 11) is 1.06. The molecule has 0 rings (SSSR count). The molecule has 0 heterocycles. The Morgan fingerprint density at radius 3 is 1.48 bits per heavy atom. The number of ether oxygens (including phenoxy) is 5. The Bertz CT molecular complexity index is 456. The van der Waals surface area contributed by atoms with Crippen LogP contribution in [0.4, 0.5) is 4.79 Å². The minimum absolute atomic E-state index is 0.0779. The standard InChI is InChI=1S/C20H34O9/c1-5-8-11-26-16(21)14-20(18(23)25-4,15-17(22)27-12-9-6-2)29-19(24)28-13-10-7-3/h5-15H2,1-4H3. The van der Waals surface area contributed by atoms with Crippen LogP contribution in [0.2, 0.25) is 0 Å². The molecule has 0 unspecified atom stereocenters. The summed E-state index contributed by atoms with van der Waals surface area (Å²) in [5.41, 5.74) is -2.22. The third kappa shape index (κ3) is 11.3. The van der Waals surface area contributed by atoms with E-state index in [4.69, 9.17) is 23.7 Å². The Balaban J connectivity index is 5.41. The van der Waals surface area contributed by atoms with Gasteiger partial charge >= 0.3 is 24.1 Å². The van der Waals surface area contributed by atoms with Gasteiger partial charge in [0.2, 0.25) is 5.60 Å². The second kappa shape index (κ2) is 15.6. The molecule has 0 aliphatic rings. The molecule has 0 spiro atoms. The molecule has 9 heteroatoms. The van der Waals surface area contributed by atoms with Gasteiger partial charge in [0.15, 0.2) is 0 Å². The molecule has 0 fully saturated rings. The molecular weight excluding hydrogens is 384 g/mol. The van der Waals surface area contributed by atoms with Crippen LogP contribution in [0, 0.1) is 0 Å². The van der Waals surface area contributed by atoms with Crippen molar-refractivity contribution in [1.29, 1.82) is 0 Å². The molecule has 0 radical (unpaired) electrons. The molecule has 0 aromatic heterocycles. The fourth-order valence-corrected chi connectivity index (χ4v) is 2.22. The molecule has 0 aliphatic carbocycles. The number of carbonyl (C=O) groups excluding carboxylic acids is 4. The number of unbranched alkanes of at least 4 members (excludes halogenated alkanes) is 3. The fourth-order valence-electron chi connectivity index (χ4n) is 2.22. The third-order valence-corrected chi connectivity index (χ3v) is 3.94. The van der Waals surface area contributed by atoms with Gasteiger partial charge in [0.05, 0.1) is 39.8 Å². The maximum absolute atomic E-state index is 12.5. The highest BCUT2D eigenvalue weighted by molar-refractivity contribution is 5.91. The van der Waals surface area contributed by atoms with Crippen LogP contribution >= 0.6 is 0 Å². The monoisotopic (exact) mass is 418 g/mol. The normalized spacial score (nSPS) is 10.8. The lowest BCUT2D eigenvalue weighted by Gasteiger charge is -2.28. The van der Waals surface area contributed by atoms with Gasteiger partial charge in [-0.1, -0.05) is 40.0 Å². The van der Waals surface area contributed by atoms with E-state index in [0.29, 0.717) is 19.3 Å². The zero-order chi connectivity index (χ0) is 22.1. The molecule has 0 bridgehead atoms. The minimum Gasteiger partial charge on any atom is -0.466 e. The summed E-state index contributed by atoms with van der Waals surface area (Å²) in [5, 5.41) is 0. The third-order valence-electron chi connectivity index (χ3n) is 3.94. The van der Waals surface area contributed by atoms with Crippen LogP contribution in [-0.2, 0) is 38.1 Å². The van der Waals surface area contributed by atoms with Crippen molar-refractivity contribution in [2.75, 3.05) is 26.9 Å². The highest BCUT2D eigenvalue weighted by atomic mass is 16.7. The smallest absolute Gasteiger partial charge is 0.466 e. The molecule has 0 aromatic carbocycles. The number of rotatable bonds is 15. The van der Waals surface area contributed by atoms with E-state index in [-0.39, 0.29) is 19.8 Å². The molecular formula is C20H34O9. The summed E-state index contributed by atoms with van der Waals surface area (Å²) in [6.45, 7) is 6.13. The molecule has 0 aromatic rings. The second-order valence-electron chi connectivity index (χ2n) is 6.54. The first kappa shape index (κ1) is 26.7. The molecule has 0 saturated carbocycles. The lowest BCUT2D eigenvalue weighted by molar-refractivity contribution is -0.178. The SMILES string of the molecule is CCCCOC(=O)CC(CC(=O)OCCCC)(OC(=O)OCCCC)C(=O)OC. The summed E-state index contributed by atoms with van der Waals surface area (Å²) in [4.78, 5) is 49.0. The number of methoxy groups -OCH3 is 1. The number of esters is 3. The van der Waals surface area contributed by atoms with Crippen LogP contribution in [0.15, 0.2) is 0 Å². The van der Waals surface area contributed by atoms with Crippen molar-refractivity contribution in [2.45, 2.75) is 77.7 Å². The van der Waals surface area contributed by atoms with E-state index in [2.05, 4.69) is 0 Å². The summed E-state index contributed by atoms with van der Waals surface area (Å²) < 4.78 is 24.9. The van der Waals surface area contributed by atoms with E-state index >= 15 is 0 Å². The van der Waals surface area contributed by atoms with Crippen LogP contribution in [0.25, 0.3) is 0 Å². The summed E-state index contributed by atoms with van der Waals surface area (Å²) in [6, 6.07) is 0. The molecule has 0 atom stereocenters. The maximum atomic E-state index is 12.5. The van der Waals surface area contributed by atoms with Gasteiger partial charge in [0.1, 0.15) is 0 Å². The highest BCUT2D eigenvalue weighted by Gasteiger charge is 2.49. The van der Waals surface area contributed by atoms with Gasteiger partial charge in [-0.05, 0) is 19.3 Å². The molecule has 168 valence electrons. The van der Waals surface area contributed by atoms with Crippen molar-refractivity contribution in [3.8, 4) is 0 Å². The van der Waals surface area contributed by atoms with Crippen molar-refractivity contribution >= 4 is 24.1 Å². The Hall–Kier alpha value is -2.32. The zero-order valence-corrected chi connectivity index (χ0v) is 18.0. The van der Waals surface area contributed by atoms with Gasteiger partial charge < -0.3 is 23.7 Å². The largest absolute Gasteiger partial charge is 0.509 e. The van der Waals surface area contributed by atoms with Crippen LogP contribution < -0.4 is 0 Å². The minimum atomic E-state index is -2.22. The van der Waals surface area contributed by atoms with E-state index < -0.39 is 42.5 Å². The quantitative estimate of drug-likeness (QED) is 0.224. The molecule has 9 nitrogen and oxygen atoms in total. The Morgan fingerprint density at radius 1 is 0.690 bits per heavy atom. The van der Waals surface area contributed by atoms with E-state index in [1.807, 2.05) is 20.8 Å². The van der Waals surface area contributed by atoms with Crippen molar-refractivity contribution in [3.05, 3.63) is 0 Å². The summed E-state index contributed by atoms with van der Waals surface area (Å²) >= 11 is 0. The van der Waals surface area contributed by atoms with Crippen molar-refractivity contribution in [2.24, 2.45) is 0 Å². The topological polar surface area (TPSA) is 114 Å². The average molecular weight is 418 g/mol. The predicted molar refractivity (Wildman–Crippen MR) is 103 cm³/mol. The first-order valence-corrected chi connectivity index (χ1v) is 10.1. The van der Waals surface area contributed by atoms with Gasteiger partial charge in [-0.15, -0.1) is 0 Å². The van der Waals surface area contributed by atoms with Gasteiger partial charge in [-0.25, -0.2) is 9.59 Å². The number of carbonyl (C=O) groups is 4. The van der Waals surface area contributed by atoms with E-state index in [9.17, 15) is 19.2 Å². The van der Waals surface area contributed by atoms with Crippen LogP contribution in [0.1, 0.15) is 72.1 Å². The first-order valence-electron chi connectivity index (χ1n) is 10.1. The number of hydrogen-bond donors (Lipinski definition) is 0. The molecule has 0 aliphatic heterocycles. The molecule has 29 heavy (non-hydrogen) atoms. The highest BCUT2D eigenvalue weighted by Crippen LogP contribution is 2.26. The summed E-state index contributed by atoms with van der Waals surface area (Å²) in [6.07, 6.45) is 1.71. The maximum Gasteiger partial charge on any atom is 0.509 e. The van der Waals surface area contributed by atoms with E-state index in [0.717, 1.165) is 26.4 Å². The van der Waals surface area contributed by atoms with Crippen LogP contribution in [0.5, 0.6) is 0 Å². The van der Waals surface area contributed by atoms with Crippen LogP contribution in [0.3, 0.4) is 0 Å². The van der Waals surface area contributed by atoms with Crippen LogP contribution in [-0.4, -0.2) is 56.6 Å². The molecule has 0 N–H and O–H groups in total. The predicted octanol–water partition coefficient (Wildman–Crippen LogP) is 3.32. The Kier molecular flexibility index (Phi) is 14.3. The van der Waals surface area contributed by atoms with E-state index in [1.165, 1.54) is 0 Å². The van der Waals surface area contributed by atoms with Gasteiger partial charge in [-0.2, -0.15) is 0 Å². The molecule has 0 amide bonds. The van der Waals surface area contributed by atoms with Gasteiger partial charge in [0, 0.05) is 0 Å². The molecule has 0 saturated heterocycles. The van der Waals surface area contributed by atoms with Gasteiger partial charge in [-0.3, -0.25) is 9.59 Å². The summed E-state index contributed by atoms with van der Waals surface area (Å²) in [5.74, 6) is -2.66. The number of hydrogen-bond acceptors (Lipinski definition) is 9. The lowest BCUT2D eigenvalue weighted by Crippen LogP contribution is -2.48. The Morgan fingerprint density at radius 2 is 1.10 bits per heavy atom. The Labute approximate surface area is 172 Å². The zero-order valence-electron chi connectivity index (χ0n) is 18.0. The average Bonchev–Trinajstić information content (AvgIpc) is 2.67. The second-order valence-corrected chi connectivity index (χ2v) is 6.54.